The summed E-state index contributed by atoms with van der Waals surface area (Å²) < 4.78 is 21.7. The lowest BCUT2D eigenvalue weighted by atomic mass is 9.96. The van der Waals surface area contributed by atoms with E-state index in [9.17, 15) is 4.79 Å². The van der Waals surface area contributed by atoms with E-state index in [1.807, 2.05) is 62.5 Å². The molecular formula is C34H42N2O9S. The Morgan fingerprint density at radius 3 is 2.20 bits per heavy atom. The first-order valence-corrected chi connectivity index (χ1v) is 15.5. The molecule has 11 nitrogen and oxygen atoms in total. The van der Waals surface area contributed by atoms with Gasteiger partial charge in [0.05, 0.1) is 33.6 Å². The number of nitrogens with zero attached hydrogens (tertiary/aromatic N) is 2. The van der Waals surface area contributed by atoms with Gasteiger partial charge in [-0.05, 0) is 87.8 Å². The Kier molecular flexibility index (Phi) is 13.1. The zero-order valence-electron chi connectivity index (χ0n) is 27.1. The van der Waals surface area contributed by atoms with Crippen molar-refractivity contribution in [3.63, 3.8) is 0 Å². The van der Waals surface area contributed by atoms with Crippen LogP contribution in [0.3, 0.4) is 0 Å². The number of hydrogen-bond acceptors (Lipinski definition) is 9. The van der Waals surface area contributed by atoms with E-state index >= 15 is 0 Å². The number of unbranched alkanes of at least 4 members (excludes halogenated alkanes) is 1. The maximum absolute atomic E-state index is 13.6. The van der Waals surface area contributed by atoms with Crippen LogP contribution >= 0.6 is 11.8 Å². The second kappa shape index (κ2) is 16.8. The Morgan fingerprint density at radius 1 is 0.870 bits per heavy atom. The molecule has 0 aliphatic carbocycles. The molecule has 0 saturated heterocycles. The topological polar surface area (TPSA) is 135 Å². The van der Waals surface area contributed by atoms with Crippen LogP contribution in [-0.2, 0) is 25.6 Å². The molecule has 1 aliphatic heterocycles. The first-order chi connectivity index (χ1) is 21.9. The summed E-state index contributed by atoms with van der Waals surface area (Å²) in [5.41, 5.74) is 2.97. The summed E-state index contributed by atoms with van der Waals surface area (Å²) in [5, 5.41) is 14.8. The fourth-order valence-corrected chi connectivity index (χ4v) is 6.34. The van der Waals surface area contributed by atoms with Gasteiger partial charge in [0.15, 0.2) is 11.5 Å². The lowest BCUT2D eigenvalue weighted by Gasteiger charge is -2.39. The zero-order valence-corrected chi connectivity index (χ0v) is 27.9. The van der Waals surface area contributed by atoms with Gasteiger partial charge < -0.3 is 39.0 Å². The molecule has 1 unspecified atom stereocenters. The van der Waals surface area contributed by atoms with Crippen molar-refractivity contribution >= 4 is 35.3 Å². The molecule has 0 spiro atoms. The van der Waals surface area contributed by atoms with Crippen molar-refractivity contribution < 1.29 is 43.5 Å². The van der Waals surface area contributed by atoms with Gasteiger partial charge in [0, 0.05) is 24.1 Å². The molecule has 12 heteroatoms. The van der Waals surface area contributed by atoms with Gasteiger partial charge in [0.2, 0.25) is 5.91 Å². The average molecular weight is 655 g/mol. The highest BCUT2D eigenvalue weighted by Gasteiger charge is 2.45. The number of para-hydroxylation sites is 1. The Balaban J connectivity index is 0.000000875. The van der Waals surface area contributed by atoms with Gasteiger partial charge in [-0.25, -0.2) is 9.59 Å². The van der Waals surface area contributed by atoms with E-state index in [1.54, 1.807) is 38.0 Å². The van der Waals surface area contributed by atoms with E-state index in [4.69, 9.17) is 38.7 Å². The number of likely N-dealkylation sites (N-methyl/N-ethyl adjacent to an activating group) is 2. The number of carbonyl (C=O) groups excluding carboxylic acids is 1. The summed E-state index contributed by atoms with van der Waals surface area (Å²) in [6.07, 6.45) is 2.85. The number of rotatable bonds is 13. The quantitative estimate of drug-likeness (QED) is 0.186. The highest BCUT2D eigenvalue weighted by atomic mass is 32.2. The predicted molar refractivity (Wildman–Crippen MR) is 177 cm³/mol. The summed E-state index contributed by atoms with van der Waals surface area (Å²) in [6.45, 7) is 4.47. The molecule has 3 aromatic rings. The Morgan fingerprint density at radius 2 is 1.54 bits per heavy atom. The lowest BCUT2D eigenvalue weighted by Crippen LogP contribution is -2.44. The number of ether oxygens (including phenoxy) is 4. The second-order valence-corrected chi connectivity index (χ2v) is 12.2. The minimum absolute atomic E-state index is 0.0189. The summed E-state index contributed by atoms with van der Waals surface area (Å²) in [6, 6.07) is 19.8. The summed E-state index contributed by atoms with van der Waals surface area (Å²) in [5.74, 6) is -0.698. The van der Waals surface area contributed by atoms with E-state index in [1.165, 1.54) is 5.56 Å². The maximum Gasteiger partial charge on any atom is 0.414 e. The third-order valence-electron chi connectivity index (χ3n) is 7.56. The molecule has 2 N–H and O–H groups in total. The van der Waals surface area contributed by atoms with Crippen LogP contribution in [0.15, 0.2) is 65.6 Å². The SMILES string of the molecule is COc1ccc(OCCCCN(C)CCc2ccc(OC)c(OC)c2)c(C2(C)Sc3ccccc3N(C)C2=O)c1.O=C(O)C(=O)O. The molecule has 46 heavy (non-hydrogen) atoms. The molecule has 0 fully saturated rings. The number of methoxy groups -OCH3 is 3. The van der Waals surface area contributed by atoms with Crippen LogP contribution in [0.1, 0.15) is 30.9 Å². The molecule has 1 amide bonds. The number of hydrogen-bond donors (Lipinski definition) is 2. The molecule has 248 valence electrons. The molecule has 4 rings (SSSR count). The highest BCUT2D eigenvalue weighted by molar-refractivity contribution is 8.01. The standard InChI is InChI=1S/C32H40N2O5S.C2H2O4/c1-32(31(35)34(3)26-11-7-8-12-30(26)40-32)25-22-24(36-4)14-16-27(25)39-20-10-9-18-33(2)19-17-23-13-15-28(37-5)29(21-23)38-6;3-1(4)2(5)6/h7-8,11-16,21-22H,9-10,17-20H2,1-6H3;(H,3,4)(H,5,6). The molecule has 3 aromatic carbocycles. The fraction of sp³-hybridized carbons (Fsp3) is 0.382. The lowest BCUT2D eigenvalue weighted by molar-refractivity contribution is -0.159. The van der Waals surface area contributed by atoms with E-state index in [2.05, 4.69) is 24.1 Å². The Bertz CT molecular complexity index is 1500. The van der Waals surface area contributed by atoms with Crippen molar-refractivity contribution in [2.24, 2.45) is 0 Å². The summed E-state index contributed by atoms with van der Waals surface area (Å²) in [4.78, 5) is 37.0. The third-order valence-corrected chi connectivity index (χ3v) is 8.93. The van der Waals surface area contributed by atoms with Gasteiger partial charge in [-0.1, -0.05) is 18.2 Å². The van der Waals surface area contributed by atoms with E-state index in [0.717, 1.165) is 65.7 Å². The van der Waals surface area contributed by atoms with Crippen molar-refractivity contribution in [3.05, 3.63) is 71.8 Å². The van der Waals surface area contributed by atoms with Crippen LogP contribution in [0.25, 0.3) is 0 Å². The number of thioether (sulfide) groups is 1. The van der Waals surface area contributed by atoms with Crippen molar-refractivity contribution in [3.8, 4) is 23.0 Å². The fourth-order valence-electron chi connectivity index (χ4n) is 4.95. The van der Waals surface area contributed by atoms with Gasteiger partial charge >= 0.3 is 11.9 Å². The van der Waals surface area contributed by atoms with E-state index in [-0.39, 0.29) is 5.91 Å². The van der Waals surface area contributed by atoms with Crippen molar-refractivity contribution in [2.75, 3.05) is 60.0 Å². The Labute approximate surface area is 274 Å². The molecule has 0 bridgehead atoms. The smallest absolute Gasteiger partial charge is 0.414 e. The number of benzene rings is 3. The number of anilines is 1. The summed E-state index contributed by atoms with van der Waals surface area (Å²) >= 11 is 1.56. The molecule has 1 heterocycles. The number of aliphatic carboxylic acids is 2. The monoisotopic (exact) mass is 654 g/mol. The molecule has 0 saturated carbocycles. The minimum atomic E-state index is -1.82. The van der Waals surface area contributed by atoms with Crippen LogP contribution in [0.5, 0.6) is 23.0 Å². The number of carboxylic acid groups (broad SMARTS) is 2. The second-order valence-electron chi connectivity index (χ2n) is 10.7. The third kappa shape index (κ3) is 9.07. The van der Waals surface area contributed by atoms with Gasteiger partial charge in [-0.2, -0.15) is 0 Å². The largest absolute Gasteiger partial charge is 0.497 e. The maximum atomic E-state index is 13.6. The van der Waals surface area contributed by atoms with Crippen LogP contribution in [0.2, 0.25) is 0 Å². The highest BCUT2D eigenvalue weighted by Crippen LogP contribution is 2.52. The van der Waals surface area contributed by atoms with E-state index in [0.29, 0.717) is 12.4 Å². The average Bonchev–Trinajstić information content (AvgIpc) is 3.06. The Hall–Kier alpha value is -4.42. The minimum Gasteiger partial charge on any atom is -0.497 e. The van der Waals surface area contributed by atoms with Crippen molar-refractivity contribution in [2.45, 2.75) is 35.8 Å². The van der Waals surface area contributed by atoms with Crippen LogP contribution in [0, 0.1) is 0 Å². The van der Waals surface area contributed by atoms with Crippen LogP contribution in [0.4, 0.5) is 5.69 Å². The number of carboxylic acids is 2. The van der Waals surface area contributed by atoms with Crippen LogP contribution in [-0.4, -0.2) is 88.1 Å². The van der Waals surface area contributed by atoms with Gasteiger partial charge in [0.25, 0.3) is 0 Å². The first kappa shape index (κ1) is 36.1. The predicted octanol–water partition coefficient (Wildman–Crippen LogP) is 5.19. The summed E-state index contributed by atoms with van der Waals surface area (Å²) in [7, 11) is 8.93. The van der Waals surface area contributed by atoms with Crippen molar-refractivity contribution in [1.29, 1.82) is 0 Å². The molecule has 0 radical (unpaired) electrons. The van der Waals surface area contributed by atoms with Gasteiger partial charge in [0.1, 0.15) is 16.2 Å². The number of amides is 1. The van der Waals surface area contributed by atoms with Gasteiger partial charge in [-0.3, -0.25) is 4.79 Å². The molecular weight excluding hydrogens is 612 g/mol. The zero-order chi connectivity index (χ0) is 33.9. The normalized spacial score (nSPS) is 15.4. The van der Waals surface area contributed by atoms with E-state index < -0.39 is 16.7 Å². The molecule has 1 atom stereocenters. The molecule has 0 aromatic heterocycles. The number of carbonyl (C=O) groups is 3. The van der Waals surface area contributed by atoms with Crippen LogP contribution < -0.4 is 23.8 Å². The molecule has 1 aliphatic rings. The number of fused-ring (bicyclic) bond motifs is 1. The van der Waals surface area contributed by atoms with Crippen molar-refractivity contribution in [1.82, 2.24) is 4.90 Å². The van der Waals surface area contributed by atoms with Gasteiger partial charge in [-0.15, -0.1) is 11.8 Å². The first-order valence-electron chi connectivity index (χ1n) is 14.7.